The van der Waals surface area contributed by atoms with Crippen molar-refractivity contribution in [1.29, 1.82) is 0 Å². The van der Waals surface area contributed by atoms with Crippen molar-refractivity contribution in [2.75, 3.05) is 10.7 Å². The van der Waals surface area contributed by atoms with Crippen LogP contribution >= 0.6 is 35.0 Å². The molecule has 2 aromatic carbocycles. The molecule has 1 amide bonds. The molecule has 0 atom stereocenters. The van der Waals surface area contributed by atoms with Crippen LogP contribution in [0.3, 0.4) is 0 Å². The Balaban J connectivity index is 1.67. The first kappa shape index (κ1) is 21.4. The third-order valence-electron chi connectivity index (χ3n) is 4.40. The largest absolute Gasteiger partial charge is 0.359 e. The standard InChI is InChI=1S/C22H14Cl2FN3O2S/c23-14-8-7-13(10-15(14)24)11-18-21(30)28(19-6-2-1-4-16(19)25)22(27-18)31-12-20(29)17-5-3-9-26-17/h1-11,26H,12H2/b18-11-. The van der Waals surface area contributed by atoms with Crippen LogP contribution in [0.15, 0.2) is 71.5 Å². The van der Waals surface area contributed by atoms with Gasteiger partial charge in [-0.3, -0.25) is 14.5 Å². The van der Waals surface area contributed by atoms with Crippen LogP contribution in [0.1, 0.15) is 16.1 Å². The Morgan fingerprint density at radius 3 is 2.65 bits per heavy atom. The maximum Gasteiger partial charge on any atom is 0.283 e. The zero-order valence-corrected chi connectivity index (χ0v) is 18.1. The first-order chi connectivity index (χ1) is 14.9. The Kier molecular flexibility index (Phi) is 6.27. The van der Waals surface area contributed by atoms with Crippen LogP contribution < -0.4 is 4.90 Å². The van der Waals surface area contributed by atoms with Crippen LogP contribution in [-0.2, 0) is 4.79 Å². The molecular weight excluding hydrogens is 460 g/mol. The number of ketones is 1. The number of hydrogen-bond acceptors (Lipinski definition) is 4. The van der Waals surface area contributed by atoms with Crippen molar-refractivity contribution in [2.24, 2.45) is 4.99 Å². The third-order valence-corrected chi connectivity index (χ3v) is 6.08. The first-order valence-corrected chi connectivity index (χ1v) is 10.8. The molecule has 0 unspecified atom stereocenters. The number of aromatic amines is 1. The summed E-state index contributed by atoms with van der Waals surface area (Å²) in [5.41, 5.74) is 1.21. The van der Waals surface area contributed by atoms with Crippen LogP contribution in [0, 0.1) is 5.82 Å². The topological polar surface area (TPSA) is 65.5 Å². The number of benzene rings is 2. The number of Topliss-reactive ketones (excluding diaryl/α,β-unsaturated/α-hetero) is 1. The lowest BCUT2D eigenvalue weighted by Gasteiger charge is -2.18. The van der Waals surface area contributed by atoms with Gasteiger partial charge in [0.2, 0.25) is 0 Å². The highest BCUT2D eigenvalue weighted by atomic mass is 35.5. The van der Waals surface area contributed by atoms with Gasteiger partial charge in [0.25, 0.3) is 5.91 Å². The number of carbonyl (C=O) groups is 2. The quantitative estimate of drug-likeness (QED) is 0.374. The van der Waals surface area contributed by atoms with Crippen LogP contribution in [0.25, 0.3) is 6.08 Å². The molecule has 0 fully saturated rings. The number of amides is 1. The molecule has 1 N–H and O–H groups in total. The summed E-state index contributed by atoms with van der Waals surface area (Å²) in [5, 5.41) is 0.931. The van der Waals surface area contributed by atoms with Crippen molar-refractivity contribution in [3.8, 4) is 0 Å². The second-order valence-electron chi connectivity index (χ2n) is 6.49. The molecule has 2 heterocycles. The van der Waals surface area contributed by atoms with Crippen molar-refractivity contribution in [1.82, 2.24) is 4.98 Å². The Labute approximate surface area is 191 Å². The van der Waals surface area contributed by atoms with Crippen molar-refractivity contribution in [2.45, 2.75) is 0 Å². The molecule has 4 rings (SSSR count). The molecule has 0 radical (unpaired) electrons. The minimum absolute atomic E-state index is 0.0254. The number of aliphatic imine (C=N–C) groups is 1. The van der Waals surface area contributed by atoms with E-state index in [1.807, 2.05) is 0 Å². The Morgan fingerprint density at radius 2 is 1.94 bits per heavy atom. The van der Waals surface area contributed by atoms with Gasteiger partial charge in [0.05, 0.1) is 27.2 Å². The van der Waals surface area contributed by atoms with E-state index in [0.29, 0.717) is 21.3 Å². The van der Waals surface area contributed by atoms with Crippen molar-refractivity contribution < 1.29 is 14.0 Å². The Bertz CT molecular complexity index is 1230. The average Bonchev–Trinajstić information content (AvgIpc) is 3.39. The lowest BCUT2D eigenvalue weighted by molar-refractivity contribution is -0.113. The highest BCUT2D eigenvalue weighted by Gasteiger charge is 2.34. The van der Waals surface area contributed by atoms with Crippen LogP contribution in [-0.4, -0.2) is 27.6 Å². The van der Waals surface area contributed by atoms with Gasteiger partial charge in [-0.25, -0.2) is 9.38 Å². The summed E-state index contributed by atoms with van der Waals surface area (Å²) in [6.07, 6.45) is 3.19. The molecule has 0 spiro atoms. The number of hydrogen-bond donors (Lipinski definition) is 1. The van der Waals surface area contributed by atoms with E-state index in [0.717, 1.165) is 11.8 Å². The van der Waals surface area contributed by atoms with Gasteiger partial charge in [-0.1, -0.05) is 53.2 Å². The number of carbonyl (C=O) groups excluding carboxylic acids is 2. The summed E-state index contributed by atoms with van der Waals surface area (Å²) in [5.74, 6) is -1.22. The molecule has 0 aliphatic carbocycles. The van der Waals surface area contributed by atoms with E-state index >= 15 is 0 Å². The van der Waals surface area contributed by atoms with Crippen molar-refractivity contribution >= 4 is 63.6 Å². The maximum atomic E-state index is 14.5. The van der Waals surface area contributed by atoms with E-state index in [1.54, 1.807) is 48.7 Å². The van der Waals surface area contributed by atoms with E-state index in [4.69, 9.17) is 23.2 Å². The fourth-order valence-electron chi connectivity index (χ4n) is 2.91. The molecular formula is C22H14Cl2FN3O2S. The lowest BCUT2D eigenvalue weighted by atomic mass is 10.2. The average molecular weight is 474 g/mol. The van der Waals surface area contributed by atoms with E-state index < -0.39 is 11.7 Å². The summed E-state index contributed by atoms with van der Waals surface area (Å²) >= 11 is 13.1. The van der Waals surface area contributed by atoms with E-state index in [2.05, 4.69) is 9.98 Å². The van der Waals surface area contributed by atoms with E-state index in [1.165, 1.54) is 23.1 Å². The lowest BCUT2D eigenvalue weighted by Crippen LogP contribution is -2.31. The van der Waals surface area contributed by atoms with Crippen molar-refractivity contribution in [3.63, 3.8) is 0 Å². The van der Waals surface area contributed by atoms with Gasteiger partial charge in [-0.2, -0.15) is 0 Å². The second kappa shape index (κ2) is 9.09. The van der Waals surface area contributed by atoms with Gasteiger partial charge in [0.1, 0.15) is 11.5 Å². The van der Waals surface area contributed by atoms with Crippen LogP contribution in [0.4, 0.5) is 10.1 Å². The third kappa shape index (κ3) is 4.58. The Morgan fingerprint density at radius 1 is 1.13 bits per heavy atom. The monoisotopic (exact) mass is 473 g/mol. The molecule has 1 aliphatic rings. The normalized spacial score (nSPS) is 14.9. The Hall–Kier alpha value is -2.87. The first-order valence-electron chi connectivity index (χ1n) is 9.08. The van der Waals surface area contributed by atoms with Crippen LogP contribution in [0.5, 0.6) is 0 Å². The number of aromatic nitrogens is 1. The summed E-state index contributed by atoms with van der Waals surface area (Å²) in [6.45, 7) is 0. The fourth-order valence-corrected chi connectivity index (χ4v) is 4.11. The summed E-state index contributed by atoms with van der Waals surface area (Å²) < 4.78 is 14.5. The van der Waals surface area contributed by atoms with E-state index in [9.17, 15) is 14.0 Å². The molecule has 1 aromatic heterocycles. The molecule has 0 bridgehead atoms. The number of amidine groups is 1. The van der Waals surface area contributed by atoms with Gasteiger partial charge in [0, 0.05) is 6.20 Å². The van der Waals surface area contributed by atoms with Gasteiger partial charge in [-0.15, -0.1) is 0 Å². The number of thioether (sulfide) groups is 1. The number of nitrogens with one attached hydrogen (secondary N) is 1. The number of nitrogens with zero attached hydrogens (tertiary/aromatic N) is 2. The number of halogens is 3. The highest BCUT2D eigenvalue weighted by Crippen LogP contribution is 2.32. The number of rotatable bonds is 5. The molecule has 31 heavy (non-hydrogen) atoms. The fraction of sp³-hybridized carbons (Fsp3) is 0.0455. The SMILES string of the molecule is O=C(CSC1=N/C(=C\c2ccc(Cl)c(Cl)c2)C(=O)N1c1ccccc1F)c1ccc[nH]1. The molecule has 0 saturated carbocycles. The smallest absolute Gasteiger partial charge is 0.283 e. The molecule has 1 aliphatic heterocycles. The second-order valence-corrected chi connectivity index (χ2v) is 8.24. The van der Waals surface area contributed by atoms with Gasteiger partial charge in [0.15, 0.2) is 11.0 Å². The summed E-state index contributed by atoms with van der Waals surface area (Å²) in [4.78, 5) is 33.9. The molecule has 3 aromatic rings. The molecule has 0 saturated heterocycles. The van der Waals surface area contributed by atoms with Crippen molar-refractivity contribution in [3.05, 3.63) is 93.6 Å². The summed E-state index contributed by atoms with van der Waals surface area (Å²) in [6, 6.07) is 14.2. The zero-order chi connectivity index (χ0) is 22.0. The predicted octanol–water partition coefficient (Wildman–Crippen LogP) is 5.82. The number of anilines is 1. The number of para-hydroxylation sites is 1. The zero-order valence-electron chi connectivity index (χ0n) is 15.8. The van der Waals surface area contributed by atoms with Gasteiger partial charge in [-0.05, 0) is 48.0 Å². The summed E-state index contributed by atoms with van der Waals surface area (Å²) in [7, 11) is 0. The van der Waals surface area contributed by atoms with E-state index in [-0.39, 0.29) is 28.1 Å². The van der Waals surface area contributed by atoms with Gasteiger partial charge >= 0.3 is 0 Å². The number of H-pyrrole nitrogens is 1. The highest BCUT2D eigenvalue weighted by molar-refractivity contribution is 8.14. The minimum atomic E-state index is -0.573. The minimum Gasteiger partial charge on any atom is -0.359 e. The maximum absolute atomic E-state index is 14.5. The van der Waals surface area contributed by atoms with Gasteiger partial charge < -0.3 is 4.98 Å². The molecule has 156 valence electrons. The van der Waals surface area contributed by atoms with Crippen LogP contribution in [0.2, 0.25) is 10.0 Å². The predicted molar refractivity (Wildman–Crippen MR) is 123 cm³/mol. The molecule has 5 nitrogen and oxygen atoms in total. The molecule has 9 heteroatoms.